The lowest BCUT2D eigenvalue weighted by atomic mass is 10.1. The number of carbonyl (C=O) groups is 2. The Kier molecular flexibility index (Phi) is 5.59. The largest absolute Gasteiger partial charge is 0.465 e. The number of benzene rings is 1. The van der Waals surface area contributed by atoms with Gasteiger partial charge in [-0.15, -0.1) is 0 Å². The Morgan fingerprint density at radius 2 is 1.95 bits per heavy atom. The Morgan fingerprint density at radius 1 is 1.14 bits per heavy atom. The predicted octanol–water partition coefficient (Wildman–Crippen LogP) is 2.31. The Hall–Kier alpha value is -2.76. The first-order chi connectivity index (χ1) is 10.7. The van der Waals surface area contributed by atoms with E-state index in [1.165, 1.54) is 0 Å². The molecule has 0 atom stereocenters. The average Bonchev–Trinajstić information content (AvgIpc) is 3.06. The molecule has 0 spiro atoms. The molecule has 1 aromatic heterocycles. The van der Waals surface area contributed by atoms with Gasteiger partial charge in [-0.25, -0.2) is 4.79 Å². The smallest absolute Gasteiger partial charge is 0.325 e. The minimum Gasteiger partial charge on any atom is -0.465 e. The van der Waals surface area contributed by atoms with Crippen LogP contribution in [-0.4, -0.2) is 25.2 Å². The van der Waals surface area contributed by atoms with Crippen LogP contribution in [0, 0.1) is 0 Å². The maximum absolute atomic E-state index is 11.7. The first-order valence-corrected chi connectivity index (χ1v) is 6.99. The molecule has 1 heterocycles. The Morgan fingerprint density at radius 3 is 2.68 bits per heavy atom. The van der Waals surface area contributed by atoms with Gasteiger partial charge in [0.15, 0.2) is 0 Å². The Balaban J connectivity index is 1.89. The van der Waals surface area contributed by atoms with Crippen LogP contribution >= 0.6 is 0 Å². The highest BCUT2D eigenvalue weighted by Crippen LogP contribution is 2.23. The molecule has 2 N–H and O–H groups in total. The highest BCUT2D eigenvalue weighted by atomic mass is 16.5. The summed E-state index contributed by atoms with van der Waals surface area (Å²) in [6.45, 7) is 2.17. The molecular weight excluding hydrogens is 284 g/mol. The van der Waals surface area contributed by atoms with E-state index >= 15 is 0 Å². The van der Waals surface area contributed by atoms with Gasteiger partial charge >= 0.3 is 12.0 Å². The number of hydrogen-bond acceptors (Lipinski definition) is 4. The van der Waals surface area contributed by atoms with Crippen molar-refractivity contribution in [1.82, 2.24) is 10.6 Å². The number of urea groups is 1. The fourth-order valence-electron chi connectivity index (χ4n) is 1.95. The molecule has 0 fully saturated rings. The second-order valence-corrected chi connectivity index (χ2v) is 4.48. The topological polar surface area (TPSA) is 80.6 Å². The molecule has 6 heteroatoms. The van der Waals surface area contributed by atoms with Crippen molar-refractivity contribution in [3.05, 3.63) is 48.2 Å². The van der Waals surface area contributed by atoms with Crippen molar-refractivity contribution in [2.75, 3.05) is 13.2 Å². The van der Waals surface area contributed by atoms with Gasteiger partial charge in [0.25, 0.3) is 0 Å². The molecule has 0 aliphatic heterocycles. The molecule has 0 bridgehead atoms. The van der Waals surface area contributed by atoms with Crippen LogP contribution < -0.4 is 10.6 Å². The summed E-state index contributed by atoms with van der Waals surface area (Å²) in [6.07, 6.45) is 1.60. The van der Waals surface area contributed by atoms with E-state index in [1.54, 1.807) is 13.2 Å². The van der Waals surface area contributed by atoms with E-state index in [1.807, 2.05) is 36.4 Å². The van der Waals surface area contributed by atoms with Gasteiger partial charge in [0.05, 0.1) is 12.9 Å². The maximum Gasteiger partial charge on any atom is 0.325 e. The van der Waals surface area contributed by atoms with Crippen LogP contribution in [0.25, 0.3) is 11.3 Å². The van der Waals surface area contributed by atoms with E-state index in [0.29, 0.717) is 13.2 Å². The number of amides is 2. The number of esters is 1. The van der Waals surface area contributed by atoms with Crippen molar-refractivity contribution in [3.8, 4) is 11.3 Å². The monoisotopic (exact) mass is 302 g/mol. The van der Waals surface area contributed by atoms with Crippen LogP contribution in [0.1, 0.15) is 12.5 Å². The fraction of sp³-hybridized carbons (Fsp3) is 0.250. The van der Waals surface area contributed by atoms with Crippen molar-refractivity contribution in [3.63, 3.8) is 0 Å². The van der Waals surface area contributed by atoms with Crippen LogP contribution in [-0.2, 0) is 16.1 Å². The number of nitrogens with one attached hydrogen (secondary N) is 2. The van der Waals surface area contributed by atoms with E-state index in [9.17, 15) is 9.59 Å². The van der Waals surface area contributed by atoms with E-state index in [4.69, 9.17) is 9.15 Å². The zero-order chi connectivity index (χ0) is 15.8. The summed E-state index contributed by atoms with van der Waals surface area (Å²) in [4.78, 5) is 22.8. The van der Waals surface area contributed by atoms with E-state index in [-0.39, 0.29) is 6.54 Å². The van der Waals surface area contributed by atoms with Gasteiger partial charge in [-0.05, 0) is 24.6 Å². The molecule has 1 aromatic carbocycles. The normalized spacial score (nSPS) is 10.0. The average molecular weight is 302 g/mol. The summed E-state index contributed by atoms with van der Waals surface area (Å²) < 4.78 is 10.1. The molecule has 6 nitrogen and oxygen atoms in total. The van der Waals surface area contributed by atoms with Crippen molar-refractivity contribution in [2.24, 2.45) is 0 Å². The molecular formula is C16H18N2O4. The zero-order valence-corrected chi connectivity index (χ0v) is 12.3. The second kappa shape index (κ2) is 7.87. The molecule has 2 aromatic rings. The molecule has 0 saturated heterocycles. The number of rotatable bonds is 6. The van der Waals surface area contributed by atoms with Crippen LogP contribution in [0.4, 0.5) is 4.79 Å². The van der Waals surface area contributed by atoms with Gasteiger partial charge in [0.2, 0.25) is 0 Å². The third-order valence-corrected chi connectivity index (χ3v) is 2.94. The van der Waals surface area contributed by atoms with Gasteiger partial charge in [-0.3, -0.25) is 4.79 Å². The Labute approximate surface area is 128 Å². The number of furan rings is 1. The molecule has 0 aliphatic rings. The van der Waals surface area contributed by atoms with Crippen LogP contribution in [0.5, 0.6) is 0 Å². The van der Waals surface area contributed by atoms with Crippen LogP contribution in [0.2, 0.25) is 0 Å². The first kappa shape index (κ1) is 15.6. The third kappa shape index (κ3) is 4.37. The summed E-state index contributed by atoms with van der Waals surface area (Å²) in [5.41, 5.74) is 1.84. The molecule has 2 amide bonds. The van der Waals surface area contributed by atoms with Crippen LogP contribution in [0.3, 0.4) is 0 Å². The van der Waals surface area contributed by atoms with Gasteiger partial charge in [-0.1, -0.05) is 24.3 Å². The number of hydrogen-bond donors (Lipinski definition) is 2. The lowest BCUT2D eigenvalue weighted by Gasteiger charge is -2.10. The lowest BCUT2D eigenvalue weighted by Crippen LogP contribution is -2.38. The molecule has 116 valence electrons. The fourth-order valence-corrected chi connectivity index (χ4v) is 1.95. The summed E-state index contributed by atoms with van der Waals surface area (Å²) in [5, 5.41) is 5.14. The van der Waals surface area contributed by atoms with Crippen molar-refractivity contribution >= 4 is 12.0 Å². The standard InChI is InChI=1S/C16H18N2O4/c1-2-21-15(19)11-18-16(20)17-10-12-6-3-4-7-13(12)14-8-5-9-22-14/h3-9H,2,10-11H2,1H3,(H2,17,18,20). The summed E-state index contributed by atoms with van der Waals surface area (Å²) in [5.74, 6) is 0.276. The quantitative estimate of drug-likeness (QED) is 0.802. The maximum atomic E-state index is 11.7. The van der Waals surface area contributed by atoms with Gasteiger partial charge < -0.3 is 19.8 Å². The molecule has 2 rings (SSSR count). The minimum absolute atomic E-state index is 0.153. The first-order valence-electron chi connectivity index (χ1n) is 6.99. The highest BCUT2D eigenvalue weighted by Gasteiger charge is 2.09. The van der Waals surface area contributed by atoms with Crippen molar-refractivity contribution in [2.45, 2.75) is 13.5 Å². The number of ether oxygens (including phenoxy) is 1. The zero-order valence-electron chi connectivity index (χ0n) is 12.3. The SMILES string of the molecule is CCOC(=O)CNC(=O)NCc1ccccc1-c1ccco1. The van der Waals surface area contributed by atoms with E-state index < -0.39 is 12.0 Å². The second-order valence-electron chi connectivity index (χ2n) is 4.48. The third-order valence-electron chi connectivity index (χ3n) is 2.94. The van der Waals surface area contributed by atoms with Crippen molar-refractivity contribution in [1.29, 1.82) is 0 Å². The molecule has 0 radical (unpaired) electrons. The van der Waals surface area contributed by atoms with Crippen molar-refractivity contribution < 1.29 is 18.7 Å². The molecule has 0 saturated carbocycles. The minimum atomic E-state index is -0.464. The van der Waals surface area contributed by atoms with Gasteiger partial charge in [-0.2, -0.15) is 0 Å². The molecule has 0 aliphatic carbocycles. The molecule has 22 heavy (non-hydrogen) atoms. The summed E-state index contributed by atoms with van der Waals surface area (Å²) in [7, 11) is 0. The van der Waals surface area contributed by atoms with E-state index in [2.05, 4.69) is 10.6 Å². The molecule has 0 unspecified atom stereocenters. The van der Waals surface area contributed by atoms with Gasteiger partial charge in [0, 0.05) is 12.1 Å². The number of carbonyl (C=O) groups excluding carboxylic acids is 2. The van der Waals surface area contributed by atoms with Crippen LogP contribution in [0.15, 0.2) is 47.1 Å². The van der Waals surface area contributed by atoms with Gasteiger partial charge in [0.1, 0.15) is 12.3 Å². The lowest BCUT2D eigenvalue weighted by molar-refractivity contribution is -0.141. The highest BCUT2D eigenvalue weighted by molar-refractivity contribution is 5.80. The summed E-state index contributed by atoms with van der Waals surface area (Å²) in [6, 6.07) is 10.9. The summed E-state index contributed by atoms with van der Waals surface area (Å²) >= 11 is 0. The van der Waals surface area contributed by atoms with E-state index in [0.717, 1.165) is 16.9 Å². The Bertz CT molecular complexity index is 623. The predicted molar refractivity (Wildman–Crippen MR) is 81.0 cm³/mol.